The molecule has 0 aliphatic carbocycles. The molecule has 0 aliphatic rings. The van der Waals surface area contributed by atoms with E-state index >= 15 is 0 Å². The van der Waals surface area contributed by atoms with Crippen LogP contribution in [0.3, 0.4) is 0 Å². The number of halogens is 3. The standard InChI is InChI=1S/C18H16F3N5OS/c1-27-15-7-5-14(6-8-15)23-17(28)24-16-22-11-26(25-16)10-12-3-2-4-13(9-12)18(19,20)21/h2-9,11H,10H2,1H3,(H2,23,24,25,28). The molecule has 0 bridgehead atoms. The van der Waals surface area contributed by atoms with Crippen molar-refractivity contribution in [2.45, 2.75) is 12.7 Å². The van der Waals surface area contributed by atoms with Crippen molar-refractivity contribution < 1.29 is 17.9 Å². The highest BCUT2D eigenvalue weighted by molar-refractivity contribution is 7.80. The van der Waals surface area contributed by atoms with E-state index in [0.29, 0.717) is 5.56 Å². The van der Waals surface area contributed by atoms with Crippen LogP contribution in [0, 0.1) is 0 Å². The number of ether oxygens (including phenoxy) is 1. The number of aromatic nitrogens is 3. The van der Waals surface area contributed by atoms with Gasteiger partial charge in [0.05, 0.1) is 19.2 Å². The number of methoxy groups -OCH3 is 1. The van der Waals surface area contributed by atoms with Gasteiger partial charge in [-0.2, -0.15) is 13.2 Å². The van der Waals surface area contributed by atoms with E-state index in [4.69, 9.17) is 17.0 Å². The summed E-state index contributed by atoms with van der Waals surface area (Å²) in [6, 6.07) is 12.2. The predicted octanol–water partition coefficient (Wildman–Crippen LogP) is 4.16. The molecule has 0 atom stereocenters. The van der Waals surface area contributed by atoms with Gasteiger partial charge in [-0.25, -0.2) is 9.67 Å². The molecular formula is C18H16F3N5OS. The van der Waals surface area contributed by atoms with Gasteiger partial charge in [0.25, 0.3) is 0 Å². The summed E-state index contributed by atoms with van der Waals surface area (Å²) in [7, 11) is 1.58. The van der Waals surface area contributed by atoms with E-state index in [1.807, 2.05) is 0 Å². The lowest BCUT2D eigenvalue weighted by atomic mass is 10.1. The lowest BCUT2D eigenvalue weighted by Gasteiger charge is -2.09. The first-order valence-corrected chi connectivity index (χ1v) is 8.52. The van der Waals surface area contributed by atoms with Crippen molar-refractivity contribution in [1.29, 1.82) is 0 Å². The molecule has 6 nitrogen and oxygen atoms in total. The van der Waals surface area contributed by atoms with Crippen molar-refractivity contribution in [3.63, 3.8) is 0 Å². The van der Waals surface area contributed by atoms with Crippen LogP contribution >= 0.6 is 12.2 Å². The van der Waals surface area contributed by atoms with E-state index in [2.05, 4.69) is 20.7 Å². The molecule has 0 saturated heterocycles. The molecule has 10 heteroatoms. The fourth-order valence-corrected chi connectivity index (χ4v) is 2.61. The summed E-state index contributed by atoms with van der Waals surface area (Å²) in [4.78, 5) is 4.06. The van der Waals surface area contributed by atoms with Gasteiger partial charge in [-0.15, -0.1) is 5.10 Å². The maximum absolute atomic E-state index is 12.8. The van der Waals surface area contributed by atoms with Gasteiger partial charge in [0.2, 0.25) is 5.95 Å². The van der Waals surface area contributed by atoms with Gasteiger partial charge in [-0.3, -0.25) is 5.32 Å². The Morgan fingerprint density at radius 1 is 1.14 bits per heavy atom. The first-order valence-electron chi connectivity index (χ1n) is 8.11. The van der Waals surface area contributed by atoms with Crippen molar-refractivity contribution >= 4 is 29.0 Å². The third kappa shape index (κ3) is 5.19. The smallest absolute Gasteiger partial charge is 0.416 e. The molecule has 3 aromatic rings. The van der Waals surface area contributed by atoms with Crippen LogP contribution in [0.1, 0.15) is 11.1 Å². The number of thiocarbonyl (C=S) groups is 1. The first kappa shape index (κ1) is 19.6. The van der Waals surface area contributed by atoms with Gasteiger partial charge in [0.1, 0.15) is 12.1 Å². The van der Waals surface area contributed by atoms with E-state index in [1.165, 1.54) is 17.1 Å². The lowest BCUT2D eigenvalue weighted by Crippen LogP contribution is -2.20. The molecule has 1 heterocycles. The SMILES string of the molecule is COc1ccc(NC(=S)Nc2ncn(Cc3cccc(C(F)(F)F)c3)n2)cc1. The quantitative estimate of drug-likeness (QED) is 0.619. The molecule has 2 N–H and O–H groups in total. The van der Waals surface area contributed by atoms with E-state index < -0.39 is 11.7 Å². The summed E-state index contributed by atoms with van der Waals surface area (Å²) < 4.78 is 44.9. The molecule has 0 saturated carbocycles. The van der Waals surface area contributed by atoms with Crippen LogP contribution in [0.5, 0.6) is 5.75 Å². The molecule has 1 aromatic heterocycles. The van der Waals surface area contributed by atoms with Crippen LogP contribution < -0.4 is 15.4 Å². The summed E-state index contributed by atoms with van der Waals surface area (Å²) in [5.74, 6) is 0.956. The van der Waals surface area contributed by atoms with Crippen LogP contribution in [0.15, 0.2) is 54.9 Å². The zero-order chi connectivity index (χ0) is 20.1. The second-order valence-electron chi connectivity index (χ2n) is 5.77. The van der Waals surface area contributed by atoms with E-state index in [-0.39, 0.29) is 17.6 Å². The first-order chi connectivity index (χ1) is 13.3. The molecule has 2 aromatic carbocycles. The largest absolute Gasteiger partial charge is 0.497 e. The highest BCUT2D eigenvalue weighted by Crippen LogP contribution is 2.29. The molecule has 3 rings (SSSR count). The summed E-state index contributed by atoms with van der Waals surface area (Å²) in [6.07, 6.45) is -2.97. The zero-order valence-electron chi connectivity index (χ0n) is 14.7. The Bertz CT molecular complexity index is 956. The minimum Gasteiger partial charge on any atom is -0.497 e. The number of benzene rings is 2. The molecule has 0 radical (unpaired) electrons. The van der Waals surface area contributed by atoms with E-state index in [0.717, 1.165) is 23.6 Å². The van der Waals surface area contributed by atoms with Crippen LogP contribution in [-0.4, -0.2) is 27.0 Å². The topological polar surface area (TPSA) is 64.0 Å². The van der Waals surface area contributed by atoms with Gasteiger partial charge < -0.3 is 10.1 Å². The van der Waals surface area contributed by atoms with Gasteiger partial charge in [-0.1, -0.05) is 12.1 Å². The van der Waals surface area contributed by atoms with Crippen LogP contribution in [0.25, 0.3) is 0 Å². The van der Waals surface area contributed by atoms with Gasteiger partial charge >= 0.3 is 6.18 Å². The monoisotopic (exact) mass is 407 g/mol. The van der Waals surface area contributed by atoms with E-state index in [9.17, 15) is 13.2 Å². The Kier molecular flexibility index (Phi) is 5.78. The summed E-state index contributed by atoms with van der Waals surface area (Å²) in [5.41, 5.74) is 0.514. The molecule has 0 spiro atoms. The molecular weight excluding hydrogens is 391 g/mol. The second-order valence-corrected chi connectivity index (χ2v) is 6.18. The number of nitrogens with one attached hydrogen (secondary N) is 2. The summed E-state index contributed by atoms with van der Waals surface area (Å²) in [5, 5.41) is 10.3. The number of nitrogens with zero attached hydrogens (tertiary/aromatic N) is 3. The van der Waals surface area contributed by atoms with Crippen molar-refractivity contribution in [3.05, 3.63) is 66.0 Å². The second kappa shape index (κ2) is 8.26. The minimum absolute atomic E-state index is 0.150. The normalized spacial score (nSPS) is 11.1. The van der Waals surface area contributed by atoms with Crippen molar-refractivity contribution in [1.82, 2.24) is 14.8 Å². The lowest BCUT2D eigenvalue weighted by molar-refractivity contribution is -0.137. The zero-order valence-corrected chi connectivity index (χ0v) is 15.5. The number of rotatable bonds is 5. The average Bonchev–Trinajstić information content (AvgIpc) is 3.08. The maximum Gasteiger partial charge on any atom is 0.416 e. The Morgan fingerprint density at radius 3 is 2.57 bits per heavy atom. The highest BCUT2D eigenvalue weighted by Gasteiger charge is 2.30. The molecule has 146 valence electrons. The summed E-state index contributed by atoms with van der Waals surface area (Å²) >= 11 is 5.21. The minimum atomic E-state index is -4.38. The van der Waals surface area contributed by atoms with Crippen molar-refractivity contribution in [2.75, 3.05) is 17.7 Å². The number of anilines is 2. The van der Waals surface area contributed by atoms with Crippen LogP contribution in [0.4, 0.5) is 24.8 Å². The Labute approximate surface area is 164 Å². The third-order valence-corrected chi connectivity index (χ3v) is 3.91. The number of alkyl halides is 3. The Hall–Kier alpha value is -3.14. The molecule has 0 unspecified atom stereocenters. The van der Waals surface area contributed by atoms with E-state index in [1.54, 1.807) is 37.4 Å². The molecule has 28 heavy (non-hydrogen) atoms. The van der Waals surface area contributed by atoms with Gasteiger partial charge in [0, 0.05) is 5.69 Å². The van der Waals surface area contributed by atoms with Gasteiger partial charge in [-0.05, 0) is 54.2 Å². The van der Waals surface area contributed by atoms with Crippen LogP contribution in [0.2, 0.25) is 0 Å². The predicted molar refractivity (Wildman–Crippen MR) is 103 cm³/mol. The molecule has 0 amide bonds. The number of hydrogen-bond donors (Lipinski definition) is 2. The number of hydrogen-bond acceptors (Lipinski definition) is 4. The Morgan fingerprint density at radius 2 is 1.89 bits per heavy atom. The average molecular weight is 407 g/mol. The van der Waals surface area contributed by atoms with Crippen molar-refractivity contribution in [2.24, 2.45) is 0 Å². The summed E-state index contributed by atoms with van der Waals surface area (Å²) in [6.45, 7) is 0.150. The van der Waals surface area contributed by atoms with Crippen LogP contribution in [-0.2, 0) is 12.7 Å². The molecule has 0 aliphatic heterocycles. The third-order valence-electron chi connectivity index (χ3n) is 3.71. The molecule has 0 fully saturated rings. The fourth-order valence-electron chi connectivity index (χ4n) is 2.40. The fraction of sp³-hybridized carbons (Fsp3) is 0.167. The van der Waals surface area contributed by atoms with Gasteiger partial charge in [0.15, 0.2) is 5.11 Å². The van der Waals surface area contributed by atoms with Crippen molar-refractivity contribution in [3.8, 4) is 5.75 Å². The maximum atomic E-state index is 12.8. The Balaban J connectivity index is 1.60. The highest BCUT2D eigenvalue weighted by atomic mass is 32.1.